The number of carboxylic acids is 1. The molecule has 2 aliphatic rings. The first-order chi connectivity index (χ1) is 9.66. The molecule has 2 bridgehead atoms. The van der Waals surface area contributed by atoms with Crippen LogP contribution in [-0.4, -0.2) is 34.2 Å². The zero-order valence-electron chi connectivity index (χ0n) is 10.6. The molecule has 3 rings (SSSR count). The number of aromatic nitrogens is 1. The Hall–Kier alpha value is -2.21. The molecule has 3 heterocycles. The van der Waals surface area contributed by atoms with Crippen molar-refractivity contribution >= 4 is 11.9 Å². The first-order valence-electron chi connectivity index (χ1n) is 6.40. The van der Waals surface area contributed by atoms with Crippen LogP contribution >= 0.6 is 0 Å². The highest BCUT2D eigenvalue weighted by Crippen LogP contribution is 2.39. The van der Waals surface area contributed by atoms with Crippen LogP contribution in [-0.2, 0) is 20.9 Å². The zero-order valence-corrected chi connectivity index (χ0v) is 10.6. The minimum absolute atomic E-state index is 0.293. The largest absolute Gasteiger partial charge is 0.481 e. The Kier molecular flexibility index (Phi) is 3.23. The number of hydrogen-bond donors (Lipinski definition) is 2. The van der Waals surface area contributed by atoms with E-state index in [4.69, 9.17) is 4.74 Å². The average molecular weight is 274 g/mol. The SMILES string of the molecule is O=C(O)[C@@H]1[C@H](C(=O)NCc2cccnc2)[C@H]2C=C[C@@H]1O2. The summed E-state index contributed by atoms with van der Waals surface area (Å²) in [6, 6.07) is 3.63. The van der Waals surface area contributed by atoms with Crippen LogP contribution in [0.5, 0.6) is 0 Å². The highest BCUT2D eigenvalue weighted by molar-refractivity contribution is 5.87. The summed E-state index contributed by atoms with van der Waals surface area (Å²) >= 11 is 0. The molecular formula is C14H14N2O4. The molecule has 4 atom stereocenters. The number of amides is 1. The molecule has 0 aliphatic carbocycles. The smallest absolute Gasteiger partial charge is 0.310 e. The lowest BCUT2D eigenvalue weighted by atomic mass is 9.82. The molecule has 0 saturated carbocycles. The van der Waals surface area contributed by atoms with Gasteiger partial charge in [-0.1, -0.05) is 18.2 Å². The van der Waals surface area contributed by atoms with Gasteiger partial charge in [0, 0.05) is 18.9 Å². The Morgan fingerprint density at radius 3 is 2.70 bits per heavy atom. The Balaban J connectivity index is 1.68. The first-order valence-corrected chi connectivity index (χ1v) is 6.40. The van der Waals surface area contributed by atoms with Crippen molar-refractivity contribution in [3.05, 3.63) is 42.2 Å². The number of fused-ring (bicyclic) bond motifs is 2. The lowest BCUT2D eigenvalue weighted by molar-refractivity contribution is -0.146. The molecule has 1 amide bonds. The van der Waals surface area contributed by atoms with Crippen LogP contribution in [0.25, 0.3) is 0 Å². The van der Waals surface area contributed by atoms with Crippen LogP contribution in [0.3, 0.4) is 0 Å². The van der Waals surface area contributed by atoms with E-state index in [1.165, 1.54) is 0 Å². The number of carboxylic acid groups (broad SMARTS) is 1. The van der Waals surface area contributed by atoms with Gasteiger partial charge in [-0.15, -0.1) is 0 Å². The third-order valence-corrected chi connectivity index (χ3v) is 3.68. The molecular weight excluding hydrogens is 260 g/mol. The number of pyridine rings is 1. The molecule has 1 saturated heterocycles. The van der Waals surface area contributed by atoms with Gasteiger partial charge in [0.15, 0.2) is 0 Å². The Bertz CT molecular complexity index is 558. The molecule has 6 heteroatoms. The summed E-state index contributed by atoms with van der Waals surface area (Å²) in [7, 11) is 0. The molecule has 104 valence electrons. The van der Waals surface area contributed by atoms with Crippen LogP contribution in [0, 0.1) is 11.8 Å². The summed E-state index contributed by atoms with van der Waals surface area (Å²) in [4.78, 5) is 27.5. The van der Waals surface area contributed by atoms with E-state index in [1.807, 2.05) is 6.07 Å². The van der Waals surface area contributed by atoms with Crippen molar-refractivity contribution in [1.82, 2.24) is 10.3 Å². The number of carbonyl (C=O) groups excluding carboxylic acids is 1. The molecule has 1 aromatic rings. The fourth-order valence-corrected chi connectivity index (χ4v) is 2.72. The van der Waals surface area contributed by atoms with Gasteiger partial charge in [0.25, 0.3) is 0 Å². The highest BCUT2D eigenvalue weighted by atomic mass is 16.5. The standard InChI is InChI=1S/C14H14N2O4/c17-13(16-7-8-2-1-5-15-6-8)11-9-3-4-10(20-9)12(11)14(18)19/h1-6,9-12H,7H2,(H,16,17)(H,18,19)/t9-,10+,11-,12+/m1/s1. The van der Waals surface area contributed by atoms with Crippen molar-refractivity contribution in [3.8, 4) is 0 Å². The lowest BCUT2D eigenvalue weighted by Crippen LogP contribution is -2.42. The number of rotatable bonds is 4. The van der Waals surface area contributed by atoms with E-state index in [9.17, 15) is 14.7 Å². The molecule has 6 nitrogen and oxygen atoms in total. The maximum absolute atomic E-state index is 12.2. The minimum atomic E-state index is -0.997. The van der Waals surface area contributed by atoms with E-state index >= 15 is 0 Å². The fourth-order valence-electron chi connectivity index (χ4n) is 2.72. The summed E-state index contributed by atoms with van der Waals surface area (Å²) < 4.78 is 5.47. The van der Waals surface area contributed by atoms with Crippen LogP contribution in [0.15, 0.2) is 36.7 Å². The van der Waals surface area contributed by atoms with Gasteiger partial charge >= 0.3 is 5.97 Å². The maximum Gasteiger partial charge on any atom is 0.310 e. The van der Waals surface area contributed by atoms with E-state index in [0.717, 1.165) is 5.56 Å². The Morgan fingerprint density at radius 1 is 1.30 bits per heavy atom. The fraction of sp³-hybridized carbons (Fsp3) is 0.357. The molecule has 0 spiro atoms. The number of hydrogen-bond acceptors (Lipinski definition) is 4. The number of nitrogens with zero attached hydrogens (tertiary/aromatic N) is 1. The van der Waals surface area contributed by atoms with E-state index in [0.29, 0.717) is 6.54 Å². The van der Waals surface area contributed by atoms with Gasteiger partial charge in [-0.05, 0) is 11.6 Å². The van der Waals surface area contributed by atoms with Crippen molar-refractivity contribution in [2.45, 2.75) is 18.8 Å². The predicted molar refractivity (Wildman–Crippen MR) is 68.5 cm³/mol. The molecule has 0 unspecified atom stereocenters. The number of carbonyl (C=O) groups is 2. The number of ether oxygens (including phenoxy) is 1. The molecule has 0 radical (unpaired) electrons. The van der Waals surface area contributed by atoms with E-state index in [1.54, 1.807) is 30.6 Å². The van der Waals surface area contributed by atoms with E-state index in [2.05, 4.69) is 10.3 Å². The average Bonchev–Trinajstić information content (AvgIpc) is 3.06. The number of aliphatic carboxylic acids is 1. The molecule has 2 N–H and O–H groups in total. The second kappa shape index (κ2) is 5.05. The normalized spacial score (nSPS) is 30.4. The molecule has 0 aromatic carbocycles. The maximum atomic E-state index is 12.2. The molecule has 1 fully saturated rings. The van der Waals surface area contributed by atoms with E-state index < -0.39 is 30.0 Å². The van der Waals surface area contributed by atoms with Crippen LogP contribution < -0.4 is 5.32 Å². The monoisotopic (exact) mass is 274 g/mol. The summed E-state index contributed by atoms with van der Waals surface area (Å²) in [6.45, 7) is 0.330. The lowest BCUT2D eigenvalue weighted by Gasteiger charge is -2.20. The second-order valence-electron chi connectivity index (χ2n) is 4.92. The van der Waals surface area contributed by atoms with E-state index in [-0.39, 0.29) is 5.91 Å². The van der Waals surface area contributed by atoms with Gasteiger partial charge in [-0.3, -0.25) is 14.6 Å². The highest BCUT2D eigenvalue weighted by Gasteiger charge is 2.53. The van der Waals surface area contributed by atoms with Crippen molar-refractivity contribution in [2.75, 3.05) is 0 Å². The van der Waals surface area contributed by atoms with Gasteiger partial charge in [0.2, 0.25) is 5.91 Å². The van der Waals surface area contributed by atoms with Crippen LogP contribution in [0.1, 0.15) is 5.56 Å². The zero-order chi connectivity index (χ0) is 14.1. The van der Waals surface area contributed by atoms with Gasteiger partial charge in [-0.25, -0.2) is 0 Å². The van der Waals surface area contributed by atoms with Crippen molar-refractivity contribution in [3.63, 3.8) is 0 Å². The Labute approximate surface area is 115 Å². The van der Waals surface area contributed by atoms with Crippen molar-refractivity contribution < 1.29 is 19.4 Å². The summed E-state index contributed by atoms with van der Waals surface area (Å²) in [5, 5.41) is 12.0. The summed E-state index contributed by atoms with van der Waals surface area (Å²) in [5.41, 5.74) is 0.868. The van der Waals surface area contributed by atoms with Gasteiger partial charge in [0.05, 0.1) is 18.1 Å². The van der Waals surface area contributed by atoms with Crippen molar-refractivity contribution in [1.29, 1.82) is 0 Å². The Morgan fingerprint density at radius 2 is 2.05 bits per heavy atom. The molecule has 2 aliphatic heterocycles. The van der Waals surface area contributed by atoms with Crippen molar-refractivity contribution in [2.24, 2.45) is 11.8 Å². The first kappa shape index (κ1) is 12.8. The molecule has 1 aromatic heterocycles. The summed E-state index contributed by atoms with van der Waals surface area (Å²) in [6.07, 6.45) is 5.86. The molecule has 20 heavy (non-hydrogen) atoms. The van der Waals surface area contributed by atoms with Crippen LogP contribution in [0.4, 0.5) is 0 Å². The third-order valence-electron chi connectivity index (χ3n) is 3.68. The van der Waals surface area contributed by atoms with Gasteiger partial charge in [0.1, 0.15) is 5.92 Å². The minimum Gasteiger partial charge on any atom is -0.481 e. The summed E-state index contributed by atoms with van der Waals surface area (Å²) in [5.74, 6) is -2.76. The quantitative estimate of drug-likeness (QED) is 0.773. The third kappa shape index (κ3) is 2.18. The second-order valence-corrected chi connectivity index (χ2v) is 4.92. The predicted octanol–water partition coefficient (Wildman–Crippen LogP) is 0.352. The van der Waals surface area contributed by atoms with Gasteiger partial charge < -0.3 is 15.2 Å². The number of nitrogens with one attached hydrogen (secondary N) is 1. The van der Waals surface area contributed by atoms with Gasteiger partial charge in [-0.2, -0.15) is 0 Å². The topological polar surface area (TPSA) is 88.5 Å². The van der Waals surface area contributed by atoms with Crippen LogP contribution in [0.2, 0.25) is 0 Å².